The Balaban J connectivity index is 2.18. The van der Waals surface area contributed by atoms with Crippen LogP contribution in [0.3, 0.4) is 0 Å². The average Bonchev–Trinajstić information content (AvgIpc) is 2.35. The Bertz CT molecular complexity index is 535. The van der Waals surface area contributed by atoms with Crippen molar-refractivity contribution in [3.63, 3.8) is 0 Å². The van der Waals surface area contributed by atoms with Crippen LogP contribution in [0.5, 0.6) is 0 Å². The third-order valence-corrected chi connectivity index (χ3v) is 2.92. The molecule has 0 aliphatic heterocycles. The van der Waals surface area contributed by atoms with E-state index in [1.807, 2.05) is 6.92 Å². The quantitative estimate of drug-likeness (QED) is 0.882. The van der Waals surface area contributed by atoms with Crippen molar-refractivity contribution in [1.82, 2.24) is 0 Å². The van der Waals surface area contributed by atoms with Gasteiger partial charge in [0.2, 0.25) is 0 Å². The van der Waals surface area contributed by atoms with E-state index >= 15 is 0 Å². The van der Waals surface area contributed by atoms with Crippen LogP contribution in [0, 0.1) is 18.6 Å². The average molecular weight is 247 g/mol. The fraction of sp³-hybridized carbons (Fsp3) is 0.200. The highest BCUT2D eigenvalue weighted by atomic mass is 19.1. The van der Waals surface area contributed by atoms with Gasteiger partial charge in [0.25, 0.3) is 0 Å². The van der Waals surface area contributed by atoms with Crippen molar-refractivity contribution in [2.24, 2.45) is 5.73 Å². The van der Waals surface area contributed by atoms with Crippen LogP contribution in [0.2, 0.25) is 0 Å². The van der Waals surface area contributed by atoms with Crippen LogP contribution in [0.25, 0.3) is 0 Å². The fourth-order valence-corrected chi connectivity index (χ4v) is 1.93. The molecule has 0 saturated heterocycles. The normalized spacial score (nSPS) is 12.4. The van der Waals surface area contributed by atoms with E-state index < -0.39 is 6.04 Å². The number of hydrogen-bond acceptors (Lipinski definition) is 1. The molecule has 94 valence electrons. The van der Waals surface area contributed by atoms with Crippen LogP contribution >= 0.6 is 0 Å². The molecule has 0 saturated carbocycles. The minimum atomic E-state index is -0.421. The Morgan fingerprint density at radius 1 is 1.06 bits per heavy atom. The van der Waals surface area contributed by atoms with E-state index in [9.17, 15) is 8.78 Å². The Morgan fingerprint density at radius 3 is 2.39 bits per heavy atom. The Labute approximate surface area is 105 Å². The summed E-state index contributed by atoms with van der Waals surface area (Å²) in [7, 11) is 0. The van der Waals surface area contributed by atoms with E-state index in [1.54, 1.807) is 24.3 Å². The van der Waals surface area contributed by atoms with Gasteiger partial charge in [-0.2, -0.15) is 0 Å². The Hall–Kier alpha value is -1.74. The smallest absolute Gasteiger partial charge is 0.128 e. The van der Waals surface area contributed by atoms with Gasteiger partial charge < -0.3 is 5.73 Å². The summed E-state index contributed by atoms with van der Waals surface area (Å²) < 4.78 is 26.4. The topological polar surface area (TPSA) is 26.0 Å². The van der Waals surface area contributed by atoms with Crippen molar-refractivity contribution in [1.29, 1.82) is 0 Å². The first-order valence-electron chi connectivity index (χ1n) is 5.82. The molecule has 0 aromatic heterocycles. The SMILES string of the molecule is Cc1ccc(F)c(C(N)Cc2ccc(F)cc2)c1. The summed E-state index contributed by atoms with van der Waals surface area (Å²) >= 11 is 0. The summed E-state index contributed by atoms with van der Waals surface area (Å²) in [5, 5.41) is 0. The second-order valence-electron chi connectivity index (χ2n) is 4.46. The minimum absolute atomic E-state index is 0.283. The highest BCUT2D eigenvalue weighted by Gasteiger charge is 2.12. The molecule has 2 rings (SSSR count). The summed E-state index contributed by atoms with van der Waals surface area (Å²) in [5.41, 5.74) is 8.37. The van der Waals surface area contributed by atoms with E-state index in [2.05, 4.69) is 0 Å². The summed E-state index contributed by atoms with van der Waals surface area (Å²) in [6.45, 7) is 1.90. The molecule has 0 bridgehead atoms. The van der Waals surface area contributed by atoms with Crippen LogP contribution in [-0.4, -0.2) is 0 Å². The van der Waals surface area contributed by atoms with Gasteiger partial charge >= 0.3 is 0 Å². The first-order valence-corrected chi connectivity index (χ1v) is 5.82. The number of benzene rings is 2. The van der Waals surface area contributed by atoms with Gasteiger partial charge in [-0.05, 0) is 37.1 Å². The molecule has 3 heteroatoms. The van der Waals surface area contributed by atoms with E-state index in [4.69, 9.17) is 5.73 Å². The summed E-state index contributed by atoms with van der Waals surface area (Å²) in [6.07, 6.45) is 0.487. The molecule has 0 fully saturated rings. The van der Waals surface area contributed by atoms with Crippen molar-refractivity contribution in [2.75, 3.05) is 0 Å². The molecule has 1 unspecified atom stereocenters. The van der Waals surface area contributed by atoms with Crippen LogP contribution in [-0.2, 0) is 6.42 Å². The van der Waals surface area contributed by atoms with Crippen molar-refractivity contribution in [3.05, 3.63) is 70.8 Å². The maximum atomic E-state index is 13.6. The maximum absolute atomic E-state index is 13.6. The second-order valence-corrected chi connectivity index (χ2v) is 4.46. The van der Waals surface area contributed by atoms with Gasteiger partial charge in [0.15, 0.2) is 0 Å². The van der Waals surface area contributed by atoms with E-state index in [-0.39, 0.29) is 11.6 Å². The van der Waals surface area contributed by atoms with Gasteiger partial charge in [-0.25, -0.2) is 8.78 Å². The second kappa shape index (κ2) is 5.27. The summed E-state index contributed by atoms with van der Waals surface area (Å²) in [4.78, 5) is 0. The zero-order valence-corrected chi connectivity index (χ0v) is 10.2. The molecular formula is C15H15F2N. The van der Waals surface area contributed by atoms with Crippen molar-refractivity contribution in [3.8, 4) is 0 Å². The number of halogens is 2. The van der Waals surface area contributed by atoms with Gasteiger partial charge in [-0.15, -0.1) is 0 Å². The lowest BCUT2D eigenvalue weighted by atomic mass is 9.98. The zero-order chi connectivity index (χ0) is 13.1. The van der Waals surface area contributed by atoms with E-state index in [0.29, 0.717) is 12.0 Å². The molecule has 0 aliphatic carbocycles. The molecule has 0 aliphatic rings. The molecule has 0 radical (unpaired) electrons. The van der Waals surface area contributed by atoms with Crippen LogP contribution in [0.4, 0.5) is 8.78 Å². The predicted octanol–water partition coefficient (Wildman–Crippen LogP) is 3.52. The number of rotatable bonds is 3. The summed E-state index contributed by atoms with van der Waals surface area (Å²) in [6, 6.07) is 10.6. The van der Waals surface area contributed by atoms with E-state index in [0.717, 1.165) is 11.1 Å². The third kappa shape index (κ3) is 2.93. The van der Waals surface area contributed by atoms with Crippen LogP contribution in [0.1, 0.15) is 22.7 Å². The lowest BCUT2D eigenvalue weighted by Gasteiger charge is -2.14. The standard InChI is InChI=1S/C15H15F2N/c1-10-2-7-14(17)13(8-10)15(18)9-11-3-5-12(16)6-4-11/h2-8,15H,9,18H2,1H3. The number of aryl methyl sites for hydroxylation is 1. The van der Waals surface area contributed by atoms with Crippen molar-refractivity contribution < 1.29 is 8.78 Å². The molecule has 0 spiro atoms. The molecule has 2 aromatic carbocycles. The zero-order valence-electron chi connectivity index (χ0n) is 10.2. The van der Waals surface area contributed by atoms with Crippen LogP contribution < -0.4 is 5.73 Å². The van der Waals surface area contributed by atoms with Crippen molar-refractivity contribution in [2.45, 2.75) is 19.4 Å². The molecule has 0 heterocycles. The summed E-state index contributed by atoms with van der Waals surface area (Å²) in [5.74, 6) is -0.579. The molecule has 2 N–H and O–H groups in total. The Morgan fingerprint density at radius 2 is 1.72 bits per heavy atom. The largest absolute Gasteiger partial charge is 0.324 e. The van der Waals surface area contributed by atoms with Gasteiger partial charge in [0, 0.05) is 11.6 Å². The van der Waals surface area contributed by atoms with Gasteiger partial charge in [-0.3, -0.25) is 0 Å². The lowest BCUT2D eigenvalue weighted by molar-refractivity contribution is 0.579. The number of nitrogens with two attached hydrogens (primary N) is 1. The Kier molecular flexibility index (Phi) is 3.72. The monoisotopic (exact) mass is 247 g/mol. The van der Waals surface area contributed by atoms with Gasteiger partial charge in [0.05, 0.1) is 0 Å². The van der Waals surface area contributed by atoms with Crippen molar-refractivity contribution >= 4 is 0 Å². The molecule has 1 nitrogen and oxygen atoms in total. The lowest BCUT2D eigenvalue weighted by Crippen LogP contribution is -2.15. The highest BCUT2D eigenvalue weighted by molar-refractivity contribution is 5.28. The van der Waals surface area contributed by atoms with Crippen LogP contribution in [0.15, 0.2) is 42.5 Å². The van der Waals surface area contributed by atoms with Gasteiger partial charge in [0.1, 0.15) is 11.6 Å². The van der Waals surface area contributed by atoms with Gasteiger partial charge in [-0.1, -0.05) is 29.8 Å². The molecular weight excluding hydrogens is 232 g/mol. The van der Waals surface area contributed by atoms with E-state index in [1.165, 1.54) is 18.2 Å². The molecule has 18 heavy (non-hydrogen) atoms. The molecule has 0 amide bonds. The number of hydrogen-bond donors (Lipinski definition) is 1. The first kappa shape index (κ1) is 12.7. The molecule has 2 aromatic rings. The highest BCUT2D eigenvalue weighted by Crippen LogP contribution is 2.20. The minimum Gasteiger partial charge on any atom is -0.324 e. The first-order chi connectivity index (χ1) is 8.56. The maximum Gasteiger partial charge on any atom is 0.128 e. The molecule has 1 atom stereocenters. The fourth-order valence-electron chi connectivity index (χ4n) is 1.93. The third-order valence-electron chi connectivity index (χ3n) is 2.92. The predicted molar refractivity (Wildman–Crippen MR) is 68.2 cm³/mol.